The van der Waals surface area contributed by atoms with Crippen molar-refractivity contribution in [3.05, 3.63) is 30.5 Å². The molecule has 1 aliphatic rings. The lowest BCUT2D eigenvalue weighted by atomic mass is 10.0. The number of hydrogen-bond acceptors (Lipinski definition) is 4. The van der Waals surface area contributed by atoms with Crippen LogP contribution in [0.4, 0.5) is 11.4 Å². The van der Waals surface area contributed by atoms with Crippen molar-refractivity contribution in [1.82, 2.24) is 4.98 Å². The average molecular weight is 271 g/mol. The average Bonchev–Trinajstić information content (AvgIpc) is 2.67. The molecule has 1 aromatic carbocycles. The summed E-state index contributed by atoms with van der Waals surface area (Å²) in [6.45, 7) is 0. The molecule has 0 saturated heterocycles. The predicted molar refractivity (Wildman–Crippen MR) is 82.7 cm³/mol. The number of nitrogens with zero attached hydrogens (tertiary/aromatic N) is 1. The Morgan fingerprint density at radius 2 is 2.00 bits per heavy atom. The van der Waals surface area contributed by atoms with Gasteiger partial charge < -0.3 is 16.2 Å². The lowest BCUT2D eigenvalue weighted by molar-refractivity contribution is 0.144. The number of pyridine rings is 1. The van der Waals surface area contributed by atoms with E-state index in [-0.39, 0.29) is 12.1 Å². The summed E-state index contributed by atoms with van der Waals surface area (Å²) in [4.78, 5) is 4.30. The molecule has 2 unspecified atom stereocenters. The first-order chi connectivity index (χ1) is 9.75. The topological polar surface area (TPSA) is 71.2 Å². The predicted octanol–water partition coefficient (Wildman–Crippen LogP) is 2.92. The van der Waals surface area contributed by atoms with Crippen molar-refractivity contribution in [1.29, 1.82) is 0 Å². The van der Waals surface area contributed by atoms with Gasteiger partial charge in [-0.2, -0.15) is 0 Å². The van der Waals surface area contributed by atoms with Crippen LogP contribution in [-0.4, -0.2) is 22.2 Å². The van der Waals surface area contributed by atoms with Gasteiger partial charge in [0.25, 0.3) is 0 Å². The molecule has 0 bridgehead atoms. The molecule has 1 aromatic heterocycles. The number of anilines is 2. The van der Waals surface area contributed by atoms with Crippen LogP contribution < -0.4 is 11.1 Å². The normalized spacial score (nSPS) is 23.4. The molecule has 1 heterocycles. The summed E-state index contributed by atoms with van der Waals surface area (Å²) >= 11 is 0. The quantitative estimate of drug-likeness (QED) is 0.580. The van der Waals surface area contributed by atoms with Gasteiger partial charge in [-0.05, 0) is 37.1 Å². The fourth-order valence-electron chi connectivity index (χ4n) is 2.96. The maximum Gasteiger partial charge on any atom is 0.0741 e. The number of aliphatic hydroxyl groups excluding tert-OH is 1. The van der Waals surface area contributed by atoms with Crippen molar-refractivity contribution in [3.63, 3.8) is 0 Å². The highest BCUT2D eigenvalue weighted by Gasteiger charge is 2.22. The number of rotatable bonds is 2. The Hall–Kier alpha value is -1.81. The minimum absolute atomic E-state index is 0.0916. The molecule has 0 spiro atoms. The van der Waals surface area contributed by atoms with Gasteiger partial charge in [-0.3, -0.25) is 4.98 Å². The maximum absolute atomic E-state index is 10.2. The first-order valence-corrected chi connectivity index (χ1v) is 7.33. The zero-order valence-corrected chi connectivity index (χ0v) is 11.5. The minimum atomic E-state index is -0.290. The molecule has 20 heavy (non-hydrogen) atoms. The molecule has 4 heteroatoms. The van der Waals surface area contributed by atoms with Crippen LogP contribution in [0.3, 0.4) is 0 Å². The number of benzene rings is 1. The molecule has 0 aliphatic heterocycles. The number of nitrogens with two attached hydrogens (primary N) is 1. The smallest absolute Gasteiger partial charge is 0.0741 e. The van der Waals surface area contributed by atoms with Gasteiger partial charge in [0, 0.05) is 11.6 Å². The van der Waals surface area contributed by atoms with Gasteiger partial charge in [0.1, 0.15) is 0 Å². The third kappa shape index (κ3) is 2.56. The second kappa shape index (κ2) is 5.67. The van der Waals surface area contributed by atoms with Crippen molar-refractivity contribution in [2.45, 2.75) is 44.2 Å². The lowest BCUT2D eigenvalue weighted by Crippen LogP contribution is -2.32. The number of aliphatic hydroxyl groups is 1. The van der Waals surface area contributed by atoms with Crippen LogP contribution in [0.1, 0.15) is 32.1 Å². The molecule has 4 N–H and O–H groups in total. The van der Waals surface area contributed by atoms with Gasteiger partial charge in [0.15, 0.2) is 0 Å². The van der Waals surface area contributed by atoms with Crippen LogP contribution in [-0.2, 0) is 0 Å². The molecule has 106 valence electrons. The van der Waals surface area contributed by atoms with E-state index in [0.717, 1.165) is 42.3 Å². The monoisotopic (exact) mass is 271 g/mol. The Balaban J connectivity index is 1.88. The first kappa shape index (κ1) is 13.2. The first-order valence-electron chi connectivity index (χ1n) is 7.33. The van der Waals surface area contributed by atoms with Gasteiger partial charge in [0.2, 0.25) is 0 Å². The summed E-state index contributed by atoms with van der Waals surface area (Å²) in [6.07, 6.45) is 6.80. The highest BCUT2D eigenvalue weighted by atomic mass is 16.3. The summed E-state index contributed by atoms with van der Waals surface area (Å²) in [5, 5.41) is 14.6. The van der Waals surface area contributed by atoms with Gasteiger partial charge in [-0.15, -0.1) is 0 Å². The number of nitrogen functional groups attached to an aromatic ring is 1. The van der Waals surface area contributed by atoms with E-state index in [1.807, 2.05) is 24.3 Å². The molecular formula is C16H21N3O. The van der Waals surface area contributed by atoms with Gasteiger partial charge in [-0.25, -0.2) is 0 Å². The van der Waals surface area contributed by atoms with Crippen molar-refractivity contribution < 1.29 is 5.11 Å². The van der Waals surface area contributed by atoms with E-state index in [4.69, 9.17) is 5.73 Å². The van der Waals surface area contributed by atoms with E-state index in [1.165, 1.54) is 6.42 Å². The van der Waals surface area contributed by atoms with Crippen LogP contribution in [0.5, 0.6) is 0 Å². The number of hydrogen-bond donors (Lipinski definition) is 3. The molecule has 2 atom stereocenters. The van der Waals surface area contributed by atoms with Crippen molar-refractivity contribution >= 4 is 22.3 Å². The number of nitrogens with one attached hydrogen (secondary N) is 1. The lowest BCUT2D eigenvalue weighted by Gasteiger charge is -2.24. The van der Waals surface area contributed by atoms with Crippen molar-refractivity contribution in [2.24, 2.45) is 0 Å². The van der Waals surface area contributed by atoms with Crippen LogP contribution in [0.2, 0.25) is 0 Å². The molecular weight excluding hydrogens is 250 g/mol. The summed E-state index contributed by atoms with van der Waals surface area (Å²) in [6, 6.07) is 7.89. The van der Waals surface area contributed by atoms with Crippen molar-refractivity contribution in [2.75, 3.05) is 11.1 Å². The number of fused-ring (bicyclic) bond motifs is 1. The SMILES string of the molecule is Nc1c(NC2CCCCCC2O)ccc2ncccc12. The zero-order chi connectivity index (χ0) is 13.9. The Morgan fingerprint density at radius 3 is 2.90 bits per heavy atom. The summed E-state index contributed by atoms with van der Waals surface area (Å²) in [7, 11) is 0. The standard InChI is InChI=1S/C16H21N3O/c17-16-11-5-4-10-18-12(11)8-9-14(16)19-13-6-2-1-3-7-15(13)20/h4-5,8-10,13,15,19-20H,1-3,6-7,17H2. The molecule has 1 fully saturated rings. The second-order valence-corrected chi connectivity index (χ2v) is 5.55. The van der Waals surface area contributed by atoms with Gasteiger partial charge in [-0.1, -0.05) is 19.3 Å². The van der Waals surface area contributed by atoms with E-state index >= 15 is 0 Å². The molecule has 0 radical (unpaired) electrons. The number of aromatic nitrogens is 1. The summed E-state index contributed by atoms with van der Waals surface area (Å²) in [5.41, 5.74) is 8.75. The molecule has 3 rings (SSSR count). The largest absolute Gasteiger partial charge is 0.397 e. The van der Waals surface area contributed by atoms with E-state index in [0.29, 0.717) is 5.69 Å². The van der Waals surface area contributed by atoms with Crippen LogP contribution in [0.15, 0.2) is 30.5 Å². The van der Waals surface area contributed by atoms with E-state index in [2.05, 4.69) is 10.3 Å². The highest BCUT2D eigenvalue weighted by molar-refractivity contribution is 5.96. The van der Waals surface area contributed by atoms with Crippen LogP contribution in [0.25, 0.3) is 10.9 Å². The highest BCUT2D eigenvalue weighted by Crippen LogP contribution is 2.30. The second-order valence-electron chi connectivity index (χ2n) is 5.55. The van der Waals surface area contributed by atoms with Crippen LogP contribution in [0, 0.1) is 0 Å². The molecule has 2 aromatic rings. The third-order valence-electron chi connectivity index (χ3n) is 4.15. The molecule has 1 saturated carbocycles. The third-order valence-corrected chi connectivity index (χ3v) is 4.15. The Labute approximate surface area is 119 Å². The minimum Gasteiger partial charge on any atom is -0.397 e. The van der Waals surface area contributed by atoms with Crippen LogP contribution >= 0.6 is 0 Å². The fraction of sp³-hybridized carbons (Fsp3) is 0.438. The zero-order valence-electron chi connectivity index (χ0n) is 11.5. The molecule has 1 aliphatic carbocycles. The Kier molecular flexibility index (Phi) is 3.74. The van der Waals surface area contributed by atoms with E-state index < -0.39 is 0 Å². The van der Waals surface area contributed by atoms with E-state index in [1.54, 1.807) is 6.20 Å². The van der Waals surface area contributed by atoms with E-state index in [9.17, 15) is 5.11 Å². The maximum atomic E-state index is 10.2. The van der Waals surface area contributed by atoms with Gasteiger partial charge in [0.05, 0.1) is 29.0 Å². The summed E-state index contributed by atoms with van der Waals surface area (Å²) in [5.74, 6) is 0. The fourth-order valence-corrected chi connectivity index (χ4v) is 2.96. The summed E-state index contributed by atoms with van der Waals surface area (Å²) < 4.78 is 0. The Morgan fingerprint density at radius 1 is 1.15 bits per heavy atom. The van der Waals surface area contributed by atoms with Gasteiger partial charge >= 0.3 is 0 Å². The Bertz CT molecular complexity index is 599. The van der Waals surface area contributed by atoms with Crippen molar-refractivity contribution in [3.8, 4) is 0 Å². The molecule has 0 amide bonds. The molecule has 4 nitrogen and oxygen atoms in total.